The van der Waals surface area contributed by atoms with Crippen molar-refractivity contribution < 1.29 is 26.4 Å². The largest absolute Gasteiger partial charge is 0.493 e. The van der Waals surface area contributed by atoms with Crippen molar-refractivity contribution in [3.63, 3.8) is 0 Å². The Kier molecular flexibility index (Phi) is 11.6. The number of halogens is 2. The number of sulfone groups is 1. The summed E-state index contributed by atoms with van der Waals surface area (Å²) in [5.74, 6) is 0.790. The standard InChI is InChI=1S/C38H47Cl2N5O6S2/c1-5-51-34-18-17-32(53(49,50)44-20-6-7-21-44)27-33(34)35-41-37(2,28-9-13-30(39)14-10-28)38(3,29-11-15-31(40)16-12-29)45(35)36(46)43-24-22-42(23-25-43)19-8-26-52(4,47)48/h9-18,27H,5-8,19-26H2,1-4H3/t37-,38+/m0/s1. The maximum absolute atomic E-state index is 15.3. The third-order valence-electron chi connectivity index (χ3n) is 10.8. The van der Waals surface area contributed by atoms with Crippen molar-refractivity contribution in [1.82, 2.24) is 19.0 Å². The van der Waals surface area contributed by atoms with Crippen molar-refractivity contribution in [3.05, 3.63) is 93.5 Å². The van der Waals surface area contributed by atoms with Crippen LogP contribution in [-0.4, -0.2) is 112 Å². The summed E-state index contributed by atoms with van der Waals surface area (Å²) in [5, 5.41) is 1.08. The number of ether oxygens (including phenoxy) is 1. The van der Waals surface area contributed by atoms with Gasteiger partial charge in [0.05, 0.1) is 22.8 Å². The normalized spacial score (nSPS) is 23.0. The highest BCUT2D eigenvalue weighted by molar-refractivity contribution is 7.90. The molecule has 0 radical (unpaired) electrons. The first kappa shape index (κ1) is 39.5. The second-order valence-corrected chi connectivity index (χ2v) is 19.3. The minimum Gasteiger partial charge on any atom is -0.493 e. The minimum atomic E-state index is -3.84. The van der Waals surface area contributed by atoms with Crippen LogP contribution < -0.4 is 4.74 Å². The number of sulfonamides is 1. The molecule has 11 nitrogen and oxygen atoms in total. The number of rotatable bonds is 11. The second kappa shape index (κ2) is 15.5. The molecule has 6 rings (SSSR count). The van der Waals surface area contributed by atoms with Crippen molar-refractivity contribution in [1.29, 1.82) is 0 Å². The minimum absolute atomic E-state index is 0.101. The molecule has 2 fully saturated rings. The molecule has 3 heterocycles. The van der Waals surface area contributed by atoms with Crippen molar-refractivity contribution in [3.8, 4) is 5.75 Å². The molecule has 2 atom stereocenters. The molecule has 3 aliphatic rings. The van der Waals surface area contributed by atoms with Gasteiger partial charge in [-0.15, -0.1) is 0 Å². The van der Waals surface area contributed by atoms with Gasteiger partial charge in [-0.1, -0.05) is 47.5 Å². The lowest BCUT2D eigenvalue weighted by molar-refractivity contribution is 0.0868. The topological polar surface area (TPSA) is 120 Å². The number of hydrogen-bond donors (Lipinski definition) is 0. The molecule has 0 bridgehead atoms. The molecule has 2 saturated heterocycles. The molecular formula is C38H47Cl2N5O6S2. The van der Waals surface area contributed by atoms with Gasteiger partial charge < -0.3 is 9.64 Å². The third-order valence-corrected chi connectivity index (χ3v) is 14.2. The van der Waals surface area contributed by atoms with E-state index in [2.05, 4.69) is 4.90 Å². The summed E-state index contributed by atoms with van der Waals surface area (Å²) < 4.78 is 59.0. The Morgan fingerprint density at radius 1 is 0.830 bits per heavy atom. The van der Waals surface area contributed by atoms with E-state index in [1.807, 2.05) is 45.0 Å². The molecular weight excluding hydrogens is 757 g/mol. The molecule has 286 valence electrons. The van der Waals surface area contributed by atoms with Crippen LogP contribution in [0.5, 0.6) is 5.75 Å². The summed E-state index contributed by atoms with van der Waals surface area (Å²) in [6.45, 7) is 9.54. The van der Waals surface area contributed by atoms with Crippen LogP contribution >= 0.6 is 23.2 Å². The number of hydrogen-bond acceptors (Lipinski definition) is 8. The summed E-state index contributed by atoms with van der Waals surface area (Å²) in [5.41, 5.74) is -0.335. The lowest BCUT2D eigenvalue weighted by Crippen LogP contribution is -2.60. The van der Waals surface area contributed by atoms with E-state index in [0.29, 0.717) is 80.2 Å². The maximum Gasteiger partial charge on any atom is 0.326 e. The molecule has 0 N–H and O–H groups in total. The SMILES string of the molecule is CCOc1ccc(S(=O)(=O)N2CCCC2)cc1C1=N[C@@](C)(c2ccc(Cl)cc2)[C@@](C)(c2ccc(Cl)cc2)N1C(=O)N1CCN(CCCS(C)(=O)=O)CC1. The number of aliphatic imine (C=N–C) groups is 1. The van der Waals surface area contributed by atoms with Gasteiger partial charge in [0.2, 0.25) is 10.0 Å². The molecule has 3 aromatic carbocycles. The number of amidine groups is 1. The molecule has 3 aromatic rings. The number of piperazine rings is 1. The van der Waals surface area contributed by atoms with E-state index in [1.165, 1.54) is 10.6 Å². The van der Waals surface area contributed by atoms with Crippen LogP contribution in [-0.2, 0) is 30.9 Å². The lowest BCUT2D eigenvalue weighted by atomic mass is 9.71. The lowest BCUT2D eigenvalue weighted by Gasteiger charge is -2.47. The number of carbonyl (C=O) groups excluding carboxylic acids is 1. The number of benzene rings is 3. The summed E-state index contributed by atoms with van der Waals surface area (Å²) in [7, 11) is -6.91. The molecule has 3 aliphatic heterocycles. The van der Waals surface area contributed by atoms with Gasteiger partial charge in [-0.25, -0.2) is 21.6 Å². The maximum atomic E-state index is 15.3. The van der Waals surface area contributed by atoms with Crippen molar-refractivity contribution in [2.45, 2.75) is 56.0 Å². The fourth-order valence-corrected chi connectivity index (χ4v) is 10.1. The van der Waals surface area contributed by atoms with Gasteiger partial charge in [-0.2, -0.15) is 4.31 Å². The Hall–Kier alpha value is -3.20. The van der Waals surface area contributed by atoms with E-state index in [1.54, 1.807) is 52.3 Å². The van der Waals surface area contributed by atoms with Gasteiger partial charge >= 0.3 is 6.03 Å². The second-order valence-electron chi connectivity index (χ2n) is 14.2. The first-order valence-electron chi connectivity index (χ1n) is 18.0. The monoisotopic (exact) mass is 803 g/mol. The zero-order valence-corrected chi connectivity index (χ0v) is 33.7. The Morgan fingerprint density at radius 2 is 1.42 bits per heavy atom. The van der Waals surface area contributed by atoms with Gasteiger partial charge in [0, 0.05) is 55.6 Å². The molecule has 0 spiro atoms. The molecule has 0 aliphatic carbocycles. The summed E-state index contributed by atoms with van der Waals surface area (Å²) >= 11 is 12.8. The van der Waals surface area contributed by atoms with E-state index < -0.39 is 30.9 Å². The summed E-state index contributed by atoms with van der Waals surface area (Å²) in [6.07, 6.45) is 3.34. The number of urea groups is 1. The smallest absolute Gasteiger partial charge is 0.326 e. The molecule has 0 unspecified atom stereocenters. The van der Waals surface area contributed by atoms with Crippen molar-refractivity contribution in [2.24, 2.45) is 4.99 Å². The average Bonchev–Trinajstić information content (AvgIpc) is 3.75. The molecule has 53 heavy (non-hydrogen) atoms. The van der Waals surface area contributed by atoms with Gasteiger partial charge in [-0.05, 0) is 100 Å². The Balaban J connectivity index is 1.51. The Labute approximate surface area is 323 Å². The summed E-state index contributed by atoms with van der Waals surface area (Å²) in [4.78, 5) is 26.5. The summed E-state index contributed by atoms with van der Waals surface area (Å²) in [6, 6.07) is 19.3. The third kappa shape index (κ3) is 7.83. The highest BCUT2D eigenvalue weighted by atomic mass is 35.5. The number of amides is 2. The Morgan fingerprint density at radius 3 is 1.98 bits per heavy atom. The van der Waals surface area contributed by atoms with E-state index in [4.69, 9.17) is 32.9 Å². The predicted octanol–water partition coefficient (Wildman–Crippen LogP) is 6.24. The molecule has 2 amide bonds. The highest BCUT2D eigenvalue weighted by Crippen LogP contribution is 2.54. The number of nitrogens with zero attached hydrogens (tertiary/aromatic N) is 5. The molecule has 0 saturated carbocycles. The molecule has 0 aromatic heterocycles. The quantitative estimate of drug-likeness (QED) is 0.225. The van der Waals surface area contributed by atoms with Crippen molar-refractivity contribution in [2.75, 3.05) is 64.4 Å². The molecule has 15 heteroatoms. The zero-order chi connectivity index (χ0) is 38.2. The highest BCUT2D eigenvalue weighted by Gasteiger charge is 2.60. The van der Waals surface area contributed by atoms with Crippen LogP contribution in [0.2, 0.25) is 10.0 Å². The van der Waals surface area contributed by atoms with E-state index in [9.17, 15) is 16.8 Å². The zero-order valence-electron chi connectivity index (χ0n) is 30.6. The van der Waals surface area contributed by atoms with Crippen molar-refractivity contribution >= 4 is 54.9 Å². The van der Waals surface area contributed by atoms with Crippen LogP contribution in [0.3, 0.4) is 0 Å². The van der Waals surface area contributed by atoms with Crippen LogP contribution in [0.1, 0.15) is 56.7 Å². The van der Waals surface area contributed by atoms with E-state index >= 15 is 4.79 Å². The average molecular weight is 805 g/mol. The predicted molar refractivity (Wildman–Crippen MR) is 209 cm³/mol. The van der Waals surface area contributed by atoms with Gasteiger partial charge in [-0.3, -0.25) is 14.8 Å². The first-order chi connectivity index (χ1) is 25.1. The van der Waals surface area contributed by atoms with Crippen LogP contribution in [0.25, 0.3) is 0 Å². The first-order valence-corrected chi connectivity index (χ1v) is 22.2. The van der Waals surface area contributed by atoms with Crippen LogP contribution in [0.15, 0.2) is 76.6 Å². The Bertz CT molecular complexity index is 2070. The van der Waals surface area contributed by atoms with Crippen LogP contribution in [0, 0.1) is 0 Å². The fourth-order valence-electron chi connectivity index (χ4n) is 7.63. The number of carbonyl (C=O) groups is 1. The van der Waals surface area contributed by atoms with Gasteiger partial charge in [0.25, 0.3) is 0 Å². The van der Waals surface area contributed by atoms with Crippen LogP contribution in [0.4, 0.5) is 4.79 Å². The van der Waals surface area contributed by atoms with E-state index in [0.717, 1.165) is 24.0 Å². The van der Waals surface area contributed by atoms with Gasteiger partial charge in [0.15, 0.2) is 0 Å². The fraction of sp³-hybridized carbons (Fsp3) is 0.474. The van der Waals surface area contributed by atoms with Gasteiger partial charge in [0.1, 0.15) is 32.5 Å². The van der Waals surface area contributed by atoms with E-state index in [-0.39, 0.29) is 22.5 Å².